The topological polar surface area (TPSA) is 72.2 Å². The van der Waals surface area contributed by atoms with Gasteiger partial charge in [-0.05, 0) is 61.1 Å². The average molecular weight is 489 g/mol. The zero-order valence-electron chi connectivity index (χ0n) is 20.8. The first-order valence-corrected chi connectivity index (χ1v) is 12.6. The van der Waals surface area contributed by atoms with Crippen molar-refractivity contribution in [1.82, 2.24) is 9.80 Å². The molecular formula is C29H32N2O5. The standard InChI is InChI=1S/C29H32N2O5/c1-3-13-30(29(33)25-15-24(25)22-7-5-4-6-8-22)18-28(32)31(17-23-11-9-20(2)36-23)16-21-10-12-26-27(14-21)35-19-34-26/h4-12,14,24-25H,3,13,15-19H2,1-2H3. The first kappa shape index (κ1) is 24.0. The number of ether oxygens (including phenoxy) is 2. The van der Waals surface area contributed by atoms with Crippen LogP contribution in [0.5, 0.6) is 11.5 Å². The van der Waals surface area contributed by atoms with Crippen LogP contribution in [0.4, 0.5) is 0 Å². The van der Waals surface area contributed by atoms with Crippen LogP contribution in [-0.4, -0.2) is 41.5 Å². The van der Waals surface area contributed by atoms with Crippen molar-refractivity contribution in [3.05, 3.63) is 83.3 Å². The molecule has 7 heteroatoms. The van der Waals surface area contributed by atoms with Crippen molar-refractivity contribution in [2.24, 2.45) is 5.92 Å². The number of nitrogens with zero attached hydrogens (tertiary/aromatic N) is 2. The van der Waals surface area contributed by atoms with E-state index >= 15 is 0 Å². The molecule has 1 aliphatic carbocycles. The third-order valence-electron chi connectivity index (χ3n) is 6.77. The number of fused-ring (bicyclic) bond motifs is 1. The van der Waals surface area contributed by atoms with Gasteiger partial charge in [-0.15, -0.1) is 0 Å². The largest absolute Gasteiger partial charge is 0.464 e. The molecule has 188 valence electrons. The number of carbonyl (C=O) groups excluding carboxylic acids is 2. The second-order valence-electron chi connectivity index (χ2n) is 9.57. The smallest absolute Gasteiger partial charge is 0.242 e. The van der Waals surface area contributed by atoms with Crippen molar-refractivity contribution in [2.45, 2.75) is 45.7 Å². The van der Waals surface area contributed by atoms with E-state index in [1.807, 2.05) is 62.4 Å². The van der Waals surface area contributed by atoms with Gasteiger partial charge in [0.1, 0.15) is 11.5 Å². The minimum atomic E-state index is -0.111. The second kappa shape index (κ2) is 10.5. The summed E-state index contributed by atoms with van der Waals surface area (Å²) in [6, 6.07) is 19.6. The Bertz CT molecular complexity index is 1220. The number of amides is 2. The highest BCUT2D eigenvalue weighted by molar-refractivity contribution is 5.88. The Labute approximate surface area is 211 Å². The Morgan fingerprint density at radius 3 is 2.50 bits per heavy atom. The minimum Gasteiger partial charge on any atom is -0.464 e. The van der Waals surface area contributed by atoms with Crippen LogP contribution in [0.2, 0.25) is 0 Å². The molecule has 2 aromatic carbocycles. The maximum Gasteiger partial charge on any atom is 0.242 e. The lowest BCUT2D eigenvalue weighted by atomic mass is 10.1. The zero-order chi connectivity index (χ0) is 25.1. The Hall–Kier alpha value is -3.74. The lowest BCUT2D eigenvalue weighted by Gasteiger charge is -2.27. The predicted octanol–water partition coefficient (Wildman–Crippen LogP) is 4.89. The van der Waals surface area contributed by atoms with E-state index in [9.17, 15) is 9.59 Å². The Morgan fingerprint density at radius 2 is 1.75 bits per heavy atom. The molecule has 0 bridgehead atoms. The van der Waals surface area contributed by atoms with Gasteiger partial charge in [-0.3, -0.25) is 9.59 Å². The summed E-state index contributed by atoms with van der Waals surface area (Å²) in [5.74, 6) is 3.03. The van der Waals surface area contributed by atoms with Crippen molar-refractivity contribution in [3.8, 4) is 11.5 Å². The highest BCUT2D eigenvalue weighted by Crippen LogP contribution is 2.48. The molecule has 1 saturated carbocycles. The number of aryl methyl sites for hydroxylation is 1. The summed E-state index contributed by atoms with van der Waals surface area (Å²) in [4.78, 5) is 30.5. The normalized spacial score (nSPS) is 17.6. The van der Waals surface area contributed by atoms with Crippen LogP contribution in [0.1, 0.15) is 48.3 Å². The van der Waals surface area contributed by atoms with Crippen molar-refractivity contribution in [3.63, 3.8) is 0 Å². The third-order valence-corrected chi connectivity index (χ3v) is 6.77. The third kappa shape index (κ3) is 5.40. The van der Waals surface area contributed by atoms with Crippen LogP contribution in [0.3, 0.4) is 0 Å². The summed E-state index contributed by atoms with van der Waals surface area (Å²) in [5, 5.41) is 0. The van der Waals surface area contributed by atoms with Gasteiger partial charge in [0.2, 0.25) is 18.6 Å². The molecule has 0 N–H and O–H groups in total. The van der Waals surface area contributed by atoms with E-state index in [0.717, 1.165) is 24.2 Å². The second-order valence-corrected chi connectivity index (χ2v) is 9.57. The molecule has 0 spiro atoms. The van der Waals surface area contributed by atoms with E-state index in [1.165, 1.54) is 5.56 Å². The molecule has 1 aliphatic heterocycles. The van der Waals surface area contributed by atoms with Gasteiger partial charge in [0.15, 0.2) is 11.5 Å². The number of hydrogen-bond acceptors (Lipinski definition) is 5. The van der Waals surface area contributed by atoms with Crippen LogP contribution in [0, 0.1) is 12.8 Å². The van der Waals surface area contributed by atoms with Gasteiger partial charge in [-0.25, -0.2) is 0 Å². The number of furan rings is 1. The van der Waals surface area contributed by atoms with Gasteiger partial charge in [-0.2, -0.15) is 0 Å². The predicted molar refractivity (Wildman–Crippen MR) is 134 cm³/mol. The van der Waals surface area contributed by atoms with Gasteiger partial charge in [0.05, 0.1) is 13.1 Å². The van der Waals surface area contributed by atoms with Gasteiger partial charge in [0, 0.05) is 19.0 Å². The molecule has 2 aliphatic rings. The van der Waals surface area contributed by atoms with E-state index in [0.29, 0.717) is 36.9 Å². The highest BCUT2D eigenvalue weighted by Gasteiger charge is 2.45. The fraction of sp³-hybridized carbons (Fsp3) is 0.379. The molecule has 2 amide bonds. The van der Waals surface area contributed by atoms with Crippen LogP contribution in [-0.2, 0) is 22.7 Å². The fourth-order valence-corrected chi connectivity index (χ4v) is 4.82. The molecule has 36 heavy (non-hydrogen) atoms. The maximum absolute atomic E-state index is 13.6. The van der Waals surface area contributed by atoms with E-state index in [-0.39, 0.29) is 37.0 Å². The molecule has 5 rings (SSSR count). The first-order chi connectivity index (χ1) is 17.5. The fourth-order valence-electron chi connectivity index (χ4n) is 4.82. The Morgan fingerprint density at radius 1 is 0.944 bits per heavy atom. The Balaban J connectivity index is 1.30. The summed E-state index contributed by atoms with van der Waals surface area (Å²) in [6.45, 7) is 5.42. The summed E-state index contributed by atoms with van der Waals surface area (Å²) in [6.07, 6.45) is 1.63. The van der Waals surface area contributed by atoms with Crippen LogP contribution < -0.4 is 9.47 Å². The highest BCUT2D eigenvalue weighted by atomic mass is 16.7. The summed E-state index contributed by atoms with van der Waals surface area (Å²) in [5.41, 5.74) is 2.12. The quantitative estimate of drug-likeness (QED) is 0.406. The van der Waals surface area contributed by atoms with Crippen molar-refractivity contribution < 1.29 is 23.5 Å². The van der Waals surface area contributed by atoms with Gasteiger partial charge >= 0.3 is 0 Å². The SMILES string of the molecule is CCCN(CC(=O)N(Cc1ccc2c(c1)OCO2)Cc1ccc(C)o1)C(=O)C1CC1c1ccccc1. The molecule has 2 atom stereocenters. The number of rotatable bonds is 10. The van der Waals surface area contributed by atoms with E-state index in [1.54, 1.807) is 9.80 Å². The van der Waals surface area contributed by atoms with Gasteiger partial charge in [0.25, 0.3) is 0 Å². The van der Waals surface area contributed by atoms with Crippen molar-refractivity contribution in [2.75, 3.05) is 19.9 Å². The van der Waals surface area contributed by atoms with Crippen molar-refractivity contribution in [1.29, 1.82) is 0 Å². The number of carbonyl (C=O) groups is 2. The summed E-state index contributed by atoms with van der Waals surface area (Å²) in [7, 11) is 0. The van der Waals surface area contributed by atoms with E-state index in [2.05, 4.69) is 12.1 Å². The van der Waals surface area contributed by atoms with Gasteiger partial charge < -0.3 is 23.7 Å². The summed E-state index contributed by atoms with van der Waals surface area (Å²) >= 11 is 0. The molecule has 7 nitrogen and oxygen atoms in total. The monoisotopic (exact) mass is 488 g/mol. The van der Waals surface area contributed by atoms with E-state index < -0.39 is 0 Å². The molecule has 0 radical (unpaired) electrons. The maximum atomic E-state index is 13.6. The molecule has 2 heterocycles. The number of benzene rings is 2. The molecule has 2 unspecified atom stereocenters. The van der Waals surface area contributed by atoms with Crippen LogP contribution >= 0.6 is 0 Å². The average Bonchev–Trinajstić information content (AvgIpc) is 3.37. The van der Waals surface area contributed by atoms with E-state index in [4.69, 9.17) is 13.9 Å². The zero-order valence-corrected chi connectivity index (χ0v) is 20.8. The number of hydrogen-bond donors (Lipinski definition) is 0. The lowest BCUT2D eigenvalue weighted by Crippen LogP contribution is -2.43. The first-order valence-electron chi connectivity index (χ1n) is 12.6. The molecular weight excluding hydrogens is 456 g/mol. The molecule has 0 saturated heterocycles. The molecule has 1 aromatic heterocycles. The Kier molecular flexibility index (Phi) is 6.98. The summed E-state index contributed by atoms with van der Waals surface area (Å²) < 4.78 is 16.7. The minimum absolute atomic E-state index is 0.0505. The van der Waals surface area contributed by atoms with Gasteiger partial charge in [-0.1, -0.05) is 43.3 Å². The van der Waals surface area contributed by atoms with Crippen LogP contribution in [0.15, 0.2) is 65.1 Å². The molecule has 3 aromatic rings. The van der Waals surface area contributed by atoms with Crippen LogP contribution in [0.25, 0.3) is 0 Å². The lowest BCUT2D eigenvalue weighted by molar-refractivity contribution is -0.142. The van der Waals surface area contributed by atoms with Crippen molar-refractivity contribution >= 4 is 11.8 Å². The molecule has 1 fully saturated rings.